The zero-order valence-corrected chi connectivity index (χ0v) is 26.0. The second-order valence-electron chi connectivity index (χ2n) is 11.9. The van der Waals surface area contributed by atoms with Crippen molar-refractivity contribution >= 4 is 40.8 Å². The van der Waals surface area contributed by atoms with E-state index in [1.165, 1.54) is 53.4 Å². The van der Waals surface area contributed by atoms with E-state index in [0.29, 0.717) is 34.2 Å². The van der Waals surface area contributed by atoms with Gasteiger partial charge in [-0.25, -0.2) is 18.6 Å². The summed E-state index contributed by atoms with van der Waals surface area (Å²) in [6.07, 6.45) is -1.31. The number of anilines is 2. The van der Waals surface area contributed by atoms with Crippen LogP contribution in [0, 0.1) is 21.7 Å². The van der Waals surface area contributed by atoms with Crippen LogP contribution in [0.15, 0.2) is 66.7 Å². The molecule has 1 atom stereocenters. The maximum absolute atomic E-state index is 14.3. The highest BCUT2D eigenvalue weighted by atomic mass is 35.5. The zero-order valence-electron chi connectivity index (χ0n) is 25.2. The molecule has 1 aromatic heterocycles. The van der Waals surface area contributed by atoms with Gasteiger partial charge in [-0.3, -0.25) is 19.8 Å². The summed E-state index contributed by atoms with van der Waals surface area (Å²) in [5.41, 5.74) is 0.678. The largest absolute Gasteiger partial charge is 0.465 e. The number of carbonyl (C=O) groups is 2. The first-order chi connectivity index (χ1) is 21.7. The number of imidazole rings is 1. The Morgan fingerprint density at radius 2 is 1.83 bits per heavy atom. The van der Waals surface area contributed by atoms with Crippen LogP contribution in [0.2, 0.25) is 5.02 Å². The van der Waals surface area contributed by atoms with Gasteiger partial charge in [-0.15, -0.1) is 0 Å². The highest BCUT2D eigenvalue weighted by Gasteiger charge is 2.40. The highest BCUT2D eigenvalue weighted by molar-refractivity contribution is 6.30. The van der Waals surface area contributed by atoms with Crippen molar-refractivity contribution in [3.8, 4) is 11.3 Å². The number of hydrogen-bond acceptors (Lipinski definition) is 6. The van der Waals surface area contributed by atoms with E-state index in [-0.39, 0.29) is 36.8 Å². The van der Waals surface area contributed by atoms with E-state index in [1.54, 1.807) is 39.0 Å². The molecule has 5 rings (SSSR count). The lowest BCUT2D eigenvalue weighted by atomic mass is 9.97. The van der Waals surface area contributed by atoms with Crippen molar-refractivity contribution in [1.29, 1.82) is 0 Å². The average molecular weight is 653 g/mol. The number of amides is 2. The SMILES string of the molecule is CC(C)(C)N(C(=O)O)[C@@H](Cc1ccc([N+](=O)[O-])cc1)C(=O)N1CCn2c(nc(-c3cccc(F)c3)c2Nc2ccc(Cl)c(F)c2)C1. The fourth-order valence-electron chi connectivity index (χ4n) is 5.56. The molecule has 1 aliphatic rings. The summed E-state index contributed by atoms with van der Waals surface area (Å²) >= 11 is 5.87. The molecule has 4 aromatic rings. The number of halogens is 3. The van der Waals surface area contributed by atoms with Crippen LogP contribution in [0.4, 0.5) is 30.8 Å². The summed E-state index contributed by atoms with van der Waals surface area (Å²) < 4.78 is 30.4. The number of carbonyl (C=O) groups excluding carboxylic acids is 1. The summed E-state index contributed by atoms with van der Waals surface area (Å²) in [4.78, 5) is 44.7. The van der Waals surface area contributed by atoms with Crippen molar-refractivity contribution in [2.45, 2.75) is 51.9 Å². The van der Waals surface area contributed by atoms with Gasteiger partial charge in [0.25, 0.3) is 5.69 Å². The topological polar surface area (TPSA) is 134 Å². The highest BCUT2D eigenvalue weighted by Crippen LogP contribution is 2.35. The average Bonchev–Trinajstić information content (AvgIpc) is 3.35. The minimum Gasteiger partial charge on any atom is -0.465 e. The Hall–Kier alpha value is -5.04. The van der Waals surface area contributed by atoms with Crippen LogP contribution in [-0.2, 0) is 24.3 Å². The van der Waals surface area contributed by atoms with Crippen molar-refractivity contribution < 1.29 is 28.4 Å². The number of fused-ring (bicyclic) bond motifs is 1. The number of rotatable bonds is 8. The van der Waals surface area contributed by atoms with Gasteiger partial charge >= 0.3 is 6.09 Å². The molecular formula is C32H31ClF2N6O5. The Morgan fingerprint density at radius 1 is 1.11 bits per heavy atom. The summed E-state index contributed by atoms with van der Waals surface area (Å²) in [6, 6.07) is 14.6. The molecule has 14 heteroatoms. The Morgan fingerprint density at radius 3 is 2.43 bits per heavy atom. The summed E-state index contributed by atoms with van der Waals surface area (Å²) in [5.74, 6) is -0.670. The number of aromatic nitrogens is 2. The second-order valence-corrected chi connectivity index (χ2v) is 12.3. The molecular weight excluding hydrogens is 622 g/mol. The molecule has 46 heavy (non-hydrogen) atoms. The van der Waals surface area contributed by atoms with Gasteiger partial charge in [-0.1, -0.05) is 35.9 Å². The molecule has 3 aromatic carbocycles. The van der Waals surface area contributed by atoms with Gasteiger partial charge in [0, 0.05) is 48.4 Å². The van der Waals surface area contributed by atoms with Crippen molar-refractivity contribution in [3.63, 3.8) is 0 Å². The minimum absolute atomic E-state index is 0.00612. The molecule has 0 radical (unpaired) electrons. The van der Waals surface area contributed by atoms with Gasteiger partial charge in [-0.2, -0.15) is 0 Å². The first-order valence-corrected chi connectivity index (χ1v) is 14.7. The zero-order chi connectivity index (χ0) is 33.3. The van der Waals surface area contributed by atoms with E-state index in [4.69, 9.17) is 16.6 Å². The smallest absolute Gasteiger partial charge is 0.408 e. The van der Waals surface area contributed by atoms with E-state index in [0.717, 1.165) is 4.90 Å². The summed E-state index contributed by atoms with van der Waals surface area (Å²) in [5, 5.41) is 24.5. The van der Waals surface area contributed by atoms with Gasteiger partial charge < -0.3 is 19.9 Å². The Balaban J connectivity index is 1.51. The standard InChI is InChI=1S/C32H31ClF2N6O5/c1-32(2,3)40(31(43)44)26(15-19-7-10-23(11-8-19)41(45)46)30(42)38-13-14-39-27(18-38)37-28(20-5-4-6-21(34)16-20)29(39)36-22-9-12-24(33)25(35)17-22/h4-12,16-17,26,36H,13-15,18H2,1-3H3,(H,43,44)/t26-/m0/s1. The normalized spacial score (nSPS) is 13.6. The number of nitrogens with zero attached hydrogens (tertiary/aromatic N) is 5. The third kappa shape index (κ3) is 6.79. The lowest BCUT2D eigenvalue weighted by molar-refractivity contribution is -0.384. The fraction of sp³-hybridized carbons (Fsp3) is 0.281. The second kappa shape index (κ2) is 12.8. The molecule has 2 N–H and O–H groups in total. The van der Waals surface area contributed by atoms with Crippen LogP contribution in [0.3, 0.4) is 0 Å². The van der Waals surface area contributed by atoms with Crippen molar-refractivity contribution in [3.05, 3.63) is 105 Å². The lowest BCUT2D eigenvalue weighted by Gasteiger charge is -2.41. The van der Waals surface area contributed by atoms with E-state index < -0.39 is 40.1 Å². The van der Waals surface area contributed by atoms with Crippen molar-refractivity contribution in [1.82, 2.24) is 19.4 Å². The van der Waals surface area contributed by atoms with Crippen LogP contribution < -0.4 is 5.32 Å². The van der Waals surface area contributed by atoms with Gasteiger partial charge in [0.1, 0.15) is 35.0 Å². The monoisotopic (exact) mass is 652 g/mol. The molecule has 0 saturated heterocycles. The Bertz CT molecular complexity index is 1810. The maximum Gasteiger partial charge on any atom is 0.408 e. The number of hydrogen-bond donors (Lipinski definition) is 2. The molecule has 0 aliphatic carbocycles. The van der Waals surface area contributed by atoms with E-state index in [1.807, 2.05) is 4.57 Å². The number of benzene rings is 3. The molecule has 0 spiro atoms. The molecule has 2 amide bonds. The molecule has 1 aliphatic heterocycles. The van der Waals surface area contributed by atoms with Crippen molar-refractivity contribution in [2.24, 2.45) is 0 Å². The molecule has 2 heterocycles. The fourth-order valence-corrected chi connectivity index (χ4v) is 5.68. The number of nitrogens with one attached hydrogen (secondary N) is 1. The van der Waals surface area contributed by atoms with Crippen LogP contribution in [0.5, 0.6) is 0 Å². The molecule has 0 bridgehead atoms. The van der Waals surface area contributed by atoms with E-state index >= 15 is 0 Å². The quantitative estimate of drug-likeness (QED) is 0.157. The Kier molecular flexibility index (Phi) is 8.97. The number of non-ortho nitro benzene ring substituents is 1. The molecule has 0 fully saturated rings. The summed E-state index contributed by atoms with van der Waals surface area (Å²) in [6.45, 7) is 5.48. The third-order valence-electron chi connectivity index (χ3n) is 7.67. The van der Waals surface area contributed by atoms with Gasteiger partial charge in [0.15, 0.2) is 0 Å². The molecule has 0 unspecified atom stereocenters. The molecule has 0 saturated carbocycles. The van der Waals surface area contributed by atoms with Crippen LogP contribution in [0.1, 0.15) is 32.2 Å². The maximum atomic E-state index is 14.3. The van der Waals surface area contributed by atoms with Gasteiger partial charge in [0.05, 0.1) is 16.5 Å². The minimum atomic E-state index is -1.29. The number of carboxylic acid groups (broad SMARTS) is 1. The van der Waals surface area contributed by atoms with E-state index in [9.17, 15) is 33.6 Å². The van der Waals surface area contributed by atoms with Crippen LogP contribution in [-0.4, -0.2) is 59.5 Å². The summed E-state index contributed by atoms with van der Waals surface area (Å²) in [7, 11) is 0. The van der Waals surface area contributed by atoms with Gasteiger partial charge in [-0.05, 0) is 56.7 Å². The third-order valence-corrected chi connectivity index (χ3v) is 7.97. The predicted octanol–water partition coefficient (Wildman–Crippen LogP) is 6.87. The lowest BCUT2D eigenvalue weighted by Crippen LogP contribution is -2.59. The van der Waals surface area contributed by atoms with Gasteiger partial charge in [0.2, 0.25) is 5.91 Å². The van der Waals surface area contributed by atoms with Crippen molar-refractivity contribution in [2.75, 3.05) is 11.9 Å². The first kappa shape index (κ1) is 32.4. The first-order valence-electron chi connectivity index (χ1n) is 14.3. The number of nitro groups is 1. The molecule has 240 valence electrons. The molecule has 11 nitrogen and oxygen atoms in total. The van der Waals surface area contributed by atoms with Crippen LogP contribution in [0.25, 0.3) is 11.3 Å². The number of nitro benzene ring substituents is 1. The Labute approximate surface area is 268 Å². The predicted molar refractivity (Wildman–Crippen MR) is 168 cm³/mol. The van der Waals surface area contributed by atoms with Crippen LogP contribution >= 0.6 is 11.6 Å². The van der Waals surface area contributed by atoms with E-state index in [2.05, 4.69) is 5.32 Å².